The number of hydrogen-bond acceptors (Lipinski definition) is 3. The fraction of sp³-hybridized carbons (Fsp3) is 0.667. The Bertz CT molecular complexity index is 393. The first-order valence-corrected chi connectivity index (χ1v) is 8.20. The first kappa shape index (κ1) is 16.5. The molecule has 3 nitrogen and oxygen atoms in total. The van der Waals surface area contributed by atoms with Gasteiger partial charge >= 0.3 is 0 Å². The highest BCUT2D eigenvalue weighted by Crippen LogP contribution is 2.13. The Morgan fingerprint density at radius 2 is 2.05 bits per heavy atom. The molecule has 1 heterocycles. The molecule has 1 fully saturated rings. The van der Waals surface area contributed by atoms with Gasteiger partial charge in [0.15, 0.2) is 0 Å². The summed E-state index contributed by atoms with van der Waals surface area (Å²) >= 11 is 0. The Balaban J connectivity index is 1.73. The van der Waals surface area contributed by atoms with Crippen LogP contribution in [-0.4, -0.2) is 50.3 Å². The quantitative estimate of drug-likeness (QED) is 0.796. The van der Waals surface area contributed by atoms with Crippen molar-refractivity contribution in [3.63, 3.8) is 0 Å². The minimum Gasteiger partial charge on any atom is -0.383 e. The fourth-order valence-electron chi connectivity index (χ4n) is 3.02. The maximum absolute atomic E-state index is 5.33. The van der Waals surface area contributed by atoms with Gasteiger partial charge in [0, 0.05) is 32.3 Å². The largest absolute Gasteiger partial charge is 0.383 e. The first-order valence-electron chi connectivity index (χ1n) is 8.20. The highest BCUT2D eigenvalue weighted by atomic mass is 16.5. The highest BCUT2D eigenvalue weighted by molar-refractivity contribution is 5.14. The zero-order valence-corrected chi connectivity index (χ0v) is 13.7. The SMILES string of the molecule is COCC(NC1CCN(CCc2ccccc2)C1)C(C)C. The van der Waals surface area contributed by atoms with Crippen LogP contribution in [0.25, 0.3) is 0 Å². The second-order valence-electron chi connectivity index (χ2n) is 6.49. The zero-order chi connectivity index (χ0) is 15.1. The van der Waals surface area contributed by atoms with Crippen molar-refractivity contribution >= 4 is 0 Å². The summed E-state index contributed by atoms with van der Waals surface area (Å²) < 4.78 is 5.33. The molecule has 0 aliphatic carbocycles. The summed E-state index contributed by atoms with van der Waals surface area (Å²) in [4.78, 5) is 2.58. The predicted octanol–water partition coefficient (Wildman–Crippen LogP) is 2.56. The lowest BCUT2D eigenvalue weighted by Crippen LogP contribution is -2.45. The van der Waals surface area contributed by atoms with Crippen LogP contribution in [-0.2, 0) is 11.2 Å². The lowest BCUT2D eigenvalue weighted by molar-refractivity contribution is 0.140. The summed E-state index contributed by atoms with van der Waals surface area (Å²) in [5, 5.41) is 3.78. The van der Waals surface area contributed by atoms with Crippen molar-refractivity contribution < 1.29 is 4.74 Å². The van der Waals surface area contributed by atoms with E-state index in [1.807, 2.05) is 0 Å². The minimum absolute atomic E-state index is 0.467. The average Bonchev–Trinajstić information content (AvgIpc) is 2.93. The van der Waals surface area contributed by atoms with Crippen LogP contribution in [0.15, 0.2) is 30.3 Å². The molecule has 2 unspecified atom stereocenters. The van der Waals surface area contributed by atoms with E-state index in [0.717, 1.165) is 13.0 Å². The van der Waals surface area contributed by atoms with Gasteiger partial charge in [-0.1, -0.05) is 44.2 Å². The van der Waals surface area contributed by atoms with Gasteiger partial charge in [0.05, 0.1) is 6.61 Å². The lowest BCUT2D eigenvalue weighted by Gasteiger charge is -2.26. The Kier molecular flexibility index (Phi) is 6.68. The maximum Gasteiger partial charge on any atom is 0.0618 e. The first-order chi connectivity index (χ1) is 10.2. The Labute approximate surface area is 129 Å². The molecule has 1 aromatic rings. The van der Waals surface area contributed by atoms with Crippen molar-refractivity contribution in [3.8, 4) is 0 Å². The molecular formula is C18H30N2O. The third-order valence-electron chi connectivity index (χ3n) is 4.43. The Hall–Kier alpha value is -0.900. The van der Waals surface area contributed by atoms with Gasteiger partial charge in [0.1, 0.15) is 0 Å². The van der Waals surface area contributed by atoms with E-state index >= 15 is 0 Å². The van der Waals surface area contributed by atoms with E-state index in [1.165, 1.54) is 31.6 Å². The fourth-order valence-corrected chi connectivity index (χ4v) is 3.02. The van der Waals surface area contributed by atoms with Gasteiger partial charge in [-0.2, -0.15) is 0 Å². The third kappa shape index (κ3) is 5.42. The number of hydrogen-bond donors (Lipinski definition) is 1. The van der Waals surface area contributed by atoms with Gasteiger partial charge in [0.2, 0.25) is 0 Å². The summed E-state index contributed by atoms with van der Waals surface area (Å²) in [5.41, 5.74) is 1.44. The van der Waals surface area contributed by atoms with Crippen molar-refractivity contribution in [2.75, 3.05) is 33.4 Å². The van der Waals surface area contributed by atoms with E-state index in [2.05, 4.69) is 54.4 Å². The number of methoxy groups -OCH3 is 1. The second-order valence-corrected chi connectivity index (χ2v) is 6.49. The molecule has 21 heavy (non-hydrogen) atoms. The lowest BCUT2D eigenvalue weighted by atomic mass is 10.0. The number of ether oxygens (including phenoxy) is 1. The molecule has 1 N–H and O–H groups in total. The van der Waals surface area contributed by atoms with E-state index in [-0.39, 0.29) is 0 Å². The van der Waals surface area contributed by atoms with Crippen molar-refractivity contribution in [2.24, 2.45) is 5.92 Å². The van der Waals surface area contributed by atoms with Gasteiger partial charge in [-0.3, -0.25) is 0 Å². The second kappa shape index (κ2) is 8.52. The van der Waals surface area contributed by atoms with Crippen LogP contribution < -0.4 is 5.32 Å². The van der Waals surface area contributed by atoms with E-state index in [1.54, 1.807) is 7.11 Å². The topological polar surface area (TPSA) is 24.5 Å². The van der Waals surface area contributed by atoms with Gasteiger partial charge in [-0.05, 0) is 30.9 Å². The van der Waals surface area contributed by atoms with Crippen molar-refractivity contribution in [3.05, 3.63) is 35.9 Å². The van der Waals surface area contributed by atoms with E-state index in [0.29, 0.717) is 18.0 Å². The average molecular weight is 290 g/mol. The Morgan fingerprint density at radius 3 is 2.71 bits per heavy atom. The summed E-state index contributed by atoms with van der Waals surface area (Å²) in [6.45, 7) is 8.87. The summed E-state index contributed by atoms with van der Waals surface area (Å²) in [7, 11) is 1.79. The van der Waals surface area contributed by atoms with Gasteiger partial charge < -0.3 is 15.0 Å². The van der Waals surface area contributed by atoms with Crippen LogP contribution in [0.3, 0.4) is 0 Å². The normalized spacial score (nSPS) is 21.0. The number of nitrogens with one attached hydrogen (secondary N) is 1. The molecule has 1 aliphatic rings. The number of likely N-dealkylation sites (tertiary alicyclic amines) is 1. The van der Waals surface area contributed by atoms with Gasteiger partial charge in [-0.25, -0.2) is 0 Å². The minimum atomic E-state index is 0.467. The van der Waals surface area contributed by atoms with E-state index in [4.69, 9.17) is 4.74 Å². The molecule has 2 rings (SSSR count). The monoisotopic (exact) mass is 290 g/mol. The van der Waals surface area contributed by atoms with E-state index < -0.39 is 0 Å². The van der Waals surface area contributed by atoms with Crippen molar-refractivity contribution in [1.29, 1.82) is 0 Å². The van der Waals surface area contributed by atoms with Crippen LogP contribution in [0, 0.1) is 5.92 Å². The predicted molar refractivity (Wildman–Crippen MR) is 88.6 cm³/mol. The highest BCUT2D eigenvalue weighted by Gasteiger charge is 2.25. The van der Waals surface area contributed by atoms with Crippen molar-refractivity contribution in [1.82, 2.24) is 10.2 Å². The molecule has 1 aromatic carbocycles. The molecule has 0 bridgehead atoms. The molecule has 0 radical (unpaired) electrons. The number of nitrogens with zero attached hydrogens (tertiary/aromatic N) is 1. The molecule has 2 atom stereocenters. The molecule has 118 valence electrons. The van der Waals surface area contributed by atoms with E-state index in [9.17, 15) is 0 Å². The van der Waals surface area contributed by atoms with Crippen LogP contribution >= 0.6 is 0 Å². The molecule has 0 spiro atoms. The molecule has 1 saturated heterocycles. The third-order valence-corrected chi connectivity index (χ3v) is 4.43. The molecule has 0 saturated carbocycles. The van der Waals surface area contributed by atoms with Crippen molar-refractivity contribution in [2.45, 2.75) is 38.8 Å². The van der Waals surface area contributed by atoms with Crippen LogP contribution in [0.4, 0.5) is 0 Å². The molecule has 1 aliphatic heterocycles. The van der Waals surface area contributed by atoms with Crippen LogP contribution in [0.5, 0.6) is 0 Å². The summed E-state index contributed by atoms with van der Waals surface area (Å²) in [6, 6.07) is 11.9. The zero-order valence-electron chi connectivity index (χ0n) is 13.7. The molecule has 0 aromatic heterocycles. The van der Waals surface area contributed by atoms with Crippen LogP contribution in [0.1, 0.15) is 25.8 Å². The van der Waals surface area contributed by atoms with Crippen LogP contribution in [0.2, 0.25) is 0 Å². The smallest absolute Gasteiger partial charge is 0.0618 e. The summed E-state index contributed by atoms with van der Waals surface area (Å²) in [5.74, 6) is 0.614. The number of benzene rings is 1. The van der Waals surface area contributed by atoms with Gasteiger partial charge in [0.25, 0.3) is 0 Å². The standard InChI is InChI=1S/C18H30N2O/c1-15(2)18(14-21-3)19-17-10-12-20(13-17)11-9-16-7-5-4-6-8-16/h4-8,15,17-19H,9-14H2,1-3H3. The Morgan fingerprint density at radius 1 is 1.29 bits per heavy atom. The molecule has 0 amide bonds. The summed E-state index contributed by atoms with van der Waals surface area (Å²) in [6.07, 6.45) is 2.40. The molecular weight excluding hydrogens is 260 g/mol. The van der Waals surface area contributed by atoms with Gasteiger partial charge in [-0.15, -0.1) is 0 Å². The maximum atomic E-state index is 5.33. The molecule has 3 heteroatoms. The number of rotatable bonds is 8.